The smallest absolute Gasteiger partial charge is 0.290 e. The summed E-state index contributed by atoms with van der Waals surface area (Å²) in [6.45, 7) is 24.2. The Balaban J connectivity index is -0.00000188. The van der Waals surface area contributed by atoms with Gasteiger partial charge in [-0.25, -0.2) is 0 Å². The molecule has 0 bridgehead atoms. The van der Waals surface area contributed by atoms with Crippen LogP contribution in [-0.2, 0) is 28.5 Å². The summed E-state index contributed by atoms with van der Waals surface area (Å²) in [6, 6.07) is 0. The molecule has 0 aliphatic heterocycles. The number of ether oxygens (including phenoxy) is 4. The highest BCUT2D eigenvalue weighted by Gasteiger charge is 2.12. The van der Waals surface area contributed by atoms with Crippen LogP contribution in [0.15, 0.2) is 0 Å². The van der Waals surface area contributed by atoms with Gasteiger partial charge in [0.1, 0.15) is 0 Å². The summed E-state index contributed by atoms with van der Waals surface area (Å²) in [5.41, 5.74) is 5.91. The van der Waals surface area contributed by atoms with E-state index < -0.39 is 0 Å². The average Bonchev–Trinajstić information content (AvgIpc) is 3.27. The molecule has 0 rings (SSSR count). The maximum Gasteiger partial charge on any atom is 0.290 e. The third kappa shape index (κ3) is 63.1. The molecule has 0 aromatic rings. The van der Waals surface area contributed by atoms with Crippen LogP contribution in [0.4, 0.5) is 0 Å². The van der Waals surface area contributed by atoms with Crippen molar-refractivity contribution < 1.29 is 38.7 Å². The molecule has 0 aromatic carbocycles. The summed E-state index contributed by atoms with van der Waals surface area (Å²) < 4.78 is 24.4. The Hall–Kier alpha value is -1.30. The number of unbranched alkanes of at least 4 members (excludes halogenated alkanes) is 20. The average molecular weight is 877 g/mol. The normalized spacial score (nSPS) is 10.9. The highest BCUT2D eigenvalue weighted by Crippen LogP contribution is 2.17. The quantitative estimate of drug-likeness (QED) is 0.0400. The van der Waals surface area contributed by atoms with Crippen molar-refractivity contribution >= 4 is 12.9 Å². The van der Waals surface area contributed by atoms with Crippen molar-refractivity contribution in [1.29, 1.82) is 0 Å². The van der Waals surface area contributed by atoms with Crippen LogP contribution in [0.1, 0.15) is 228 Å². The van der Waals surface area contributed by atoms with Crippen molar-refractivity contribution in [3.8, 4) is 0 Å². The van der Waals surface area contributed by atoms with Gasteiger partial charge in [0.2, 0.25) is 0 Å². The number of carboxylic acid groups (broad SMARTS) is 2. The molecule has 0 amide bonds. The fraction of sp³-hybridized carbons (Fsp3) is 0.961. The van der Waals surface area contributed by atoms with E-state index in [1.54, 1.807) is 0 Å². The topological polar surface area (TPSA) is 141 Å². The van der Waals surface area contributed by atoms with Gasteiger partial charge in [0.15, 0.2) is 0 Å². The maximum atomic E-state index is 8.36. The number of hydrogen-bond donors (Lipinski definition) is 3. The molecule has 0 unspecified atom stereocenters. The fourth-order valence-electron chi connectivity index (χ4n) is 7.20. The largest absolute Gasteiger partial charge is 0.483 e. The number of hydrogen-bond acceptors (Lipinski definition) is 8. The summed E-state index contributed by atoms with van der Waals surface area (Å²) in [5, 5.41) is 13.8. The van der Waals surface area contributed by atoms with E-state index in [0.29, 0.717) is 11.8 Å². The van der Waals surface area contributed by atoms with Gasteiger partial charge in [-0.1, -0.05) is 170 Å². The SMILES string of the molecule is CC.CCCCCCOCC(CCCCCCCN(CCCN)CCCCCCCC(COCCCCCC)COCCCCCC)COCCCCCC.O=CO.O=CO. The third-order valence-corrected chi connectivity index (χ3v) is 10.8. The molecule has 0 saturated carbocycles. The maximum absolute atomic E-state index is 8.36. The molecule has 10 nitrogen and oxygen atoms in total. The van der Waals surface area contributed by atoms with Gasteiger partial charge in [0.05, 0.1) is 26.4 Å². The molecule has 0 fully saturated rings. The van der Waals surface area contributed by atoms with Crippen LogP contribution in [0.2, 0.25) is 0 Å². The van der Waals surface area contributed by atoms with Crippen molar-refractivity contribution in [2.24, 2.45) is 17.6 Å². The second-order valence-corrected chi connectivity index (χ2v) is 16.6. The van der Waals surface area contributed by atoms with Crippen LogP contribution >= 0.6 is 0 Å². The molecule has 0 aromatic heterocycles. The molecule has 0 aliphatic carbocycles. The van der Waals surface area contributed by atoms with Gasteiger partial charge in [0.25, 0.3) is 12.9 Å². The minimum absolute atomic E-state index is 0.250. The Labute approximate surface area is 379 Å². The second kappa shape index (κ2) is 65.3. The molecular weight excluding hydrogens is 769 g/mol. The molecule has 4 N–H and O–H groups in total. The molecule has 61 heavy (non-hydrogen) atoms. The summed E-state index contributed by atoms with van der Waals surface area (Å²) in [7, 11) is 0. The highest BCUT2D eigenvalue weighted by atomic mass is 16.5. The van der Waals surface area contributed by atoms with Crippen molar-refractivity contribution in [2.75, 3.05) is 79.0 Å². The van der Waals surface area contributed by atoms with Gasteiger partial charge in [-0.15, -0.1) is 0 Å². The van der Waals surface area contributed by atoms with E-state index in [0.717, 1.165) is 72.4 Å². The van der Waals surface area contributed by atoms with E-state index in [1.165, 1.54) is 193 Å². The molecule has 0 atom stereocenters. The number of carbonyl (C=O) groups is 2. The van der Waals surface area contributed by atoms with E-state index in [2.05, 4.69) is 32.6 Å². The highest BCUT2D eigenvalue weighted by molar-refractivity contribution is 5.33. The lowest BCUT2D eigenvalue weighted by molar-refractivity contribution is -0.123. The van der Waals surface area contributed by atoms with Crippen molar-refractivity contribution in [3.63, 3.8) is 0 Å². The van der Waals surface area contributed by atoms with Gasteiger partial charge in [-0.3, -0.25) is 9.59 Å². The standard InChI is InChI=1S/C47H98N2O4.C2H6.2CH2O2/c1-5-9-13-27-38-50-42-46(43-51-39-28-14-10-6-2)32-23-19-17-21-25-35-49(37-31-34-48)36-26-22-18-20-24-33-47(44-52-40-29-15-11-7-3)45-53-41-30-16-12-8-4;1-2;2*2-1-3/h46-47H,5-45,48H2,1-4H3;1-2H3;2*1H,(H,2,3). The van der Waals surface area contributed by atoms with Gasteiger partial charge in [-0.2, -0.15) is 0 Å². The number of rotatable bonds is 47. The lowest BCUT2D eigenvalue weighted by Gasteiger charge is -2.22. The molecule has 0 radical (unpaired) electrons. The van der Waals surface area contributed by atoms with E-state index >= 15 is 0 Å². The first-order valence-electron chi connectivity index (χ1n) is 25.9. The van der Waals surface area contributed by atoms with Crippen molar-refractivity contribution in [1.82, 2.24) is 4.90 Å². The second-order valence-electron chi connectivity index (χ2n) is 16.6. The van der Waals surface area contributed by atoms with Crippen LogP contribution < -0.4 is 5.73 Å². The Morgan fingerprint density at radius 3 is 0.934 bits per heavy atom. The number of nitrogens with two attached hydrogens (primary N) is 1. The Bertz CT molecular complexity index is 663. The van der Waals surface area contributed by atoms with Gasteiger partial charge in [-0.05, 0) is 84.0 Å². The van der Waals surface area contributed by atoms with Crippen LogP contribution in [0, 0.1) is 11.8 Å². The predicted octanol–water partition coefficient (Wildman–Crippen LogP) is 13.4. The fourth-order valence-corrected chi connectivity index (χ4v) is 7.20. The van der Waals surface area contributed by atoms with Crippen molar-refractivity contribution in [3.05, 3.63) is 0 Å². The Kier molecular flexibility index (Phi) is 71.0. The van der Waals surface area contributed by atoms with Gasteiger partial charge >= 0.3 is 0 Å². The lowest BCUT2D eigenvalue weighted by atomic mass is 10.0. The van der Waals surface area contributed by atoms with E-state index in [9.17, 15) is 0 Å². The van der Waals surface area contributed by atoms with Crippen molar-refractivity contribution in [2.45, 2.75) is 228 Å². The van der Waals surface area contributed by atoms with E-state index in [4.69, 9.17) is 44.5 Å². The first-order valence-corrected chi connectivity index (χ1v) is 25.9. The zero-order valence-electron chi connectivity index (χ0n) is 41.7. The van der Waals surface area contributed by atoms with E-state index in [1.807, 2.05) is 13.8 Å². The minimum atomic E-state index is -0.250. The van der Waals surface area contributed by atoms with Crippen LogP contribution in [-0.4, -0.2) is 107 Å². The van der Waals surface area contributed by atoms with Crippen LogP contribution in [0.3, 0.4) is 0 Å². The molecular formula is C51H108N2O8. The van der Waals surface area contributed by atoms with E-state index in [-0.39, 0.29) is 12.9 Å². The van der Waals surface area contributed by atoms with Gasteiger partial charge < -0.3 is 39.8 Å². The first kappa shape index (κ1) is 66.3. The number of nitrogens with zero attached hydrogens (tertiary/aromatic N) is 1. The minimum Gasteiger partial charge on any atom is -0.483 e. The Morgan fingerprint density at radius 1 is 0.410 bits per heavy atom. The summed E-state index contributed by atoms with van der Waals surface area (Å²) in [5.74, 6) is 1.11. The summed E-state index contributed by atoms with van der Waals surface area (Å²) >= 11 is 0. The molecule has 0 heterocycles. The predicted molar refractivity (Wildman–Crippen MR) is 261 cm³/mol. The van der Waals surface area contributed by atoms with Crippen LogP contribution in [0.25, 0.3) is 0 Å². The molecule has 10 heteroatoms. The lowest BCUT2D eigenvalue weighted by Crippen LogP contribution is -2.28. The zero-order chi connectivity index (χ0) is 46.0. The Morgan fingerprint density at radius 2 is 0.656 bits per heavy atom. The molecule has 0 aliphatic rings. The summed E-state index contributed by atoms with van der Waals surface area (Å²) in [6.07, 6.45) is 37.3. The third-order valence-electron chi connectivity index (χ3n) is 10.8. The zero-order valence-corrected chi connectivity index (χ0v) is 41.7. The summed E-state index contributed by atoms with van der Waals surface area (Å²) in [4.78, 5) is 19.4. The monoisotopic (exact) mass is 877 g/mol. The van der Waals surface area contributed by atoms with Gasteiger partial charge in [0, 0.05) is 38.3 Å². The van der Waals surface area contributed by atoms with Crippen LogP contribution in [0.5, 0.6) is 0 Å². The first-order chi connectivity index (χ1) is 30.0. The molecule has 0 spiro atoms. The molecule has 370 valence electrons. The molecule has 0 saturated heterocycles.